The van der Waals surface area contributed by atoms with Crippen LogP contribution in [0.3, 0.4) is 0 Å². The van der Waals surface area contributed by atoms with Gasteiger partial charge >= 0.3 is 0 Å². The summed E-state index contributed by atoms with van der Waals surface area (Å²) >= 11 is 0. The smallest absolute Gasteiger partial charge is 0 e. The molecule has 0 spiro atoms. The summed E-state index contributed by atoms with van der Waals surface area (Å²) in [6.07, 6.45) is 0. The average molecular weight is 278 g/mol. The van der Waals surface area contributed by atoms with Crippen LogP contribution in [0.5, 0.6) is 0 Å². The summed E-state index contributed by atoms with van der Waals surface area (Å²) in [5, 5.41) is 0. The zero-order valence-electron chi connectivity index (χ0n) is 10.5. The van der Waals surface area contributed by atoms with E-state index in [9.17, 15) is 0 Å². The molecular weight excluding hydrogens is 260 g/mol. The zero-order valence-corrected chi connectivity index (χ0v) is 11.6. The predicted octanol–water partition coefficient (Wildman–Crippen LogP) is 4.80. The third-order valence-corrected chi connectivity index (χ3v) is 2.05. The minimum atomic E-state index is 0. The summed E-state index contributed by atoms with van der Waals surface area (Å²) < 4.78 is 0. The second-order valence-corrected chi connectivity index (χ2v) is 3.58. The van der Waals surface area contributed by atoms with Gasteiger partial charge in [0, 0.05) is 17.1 Å². The van der Waals surface area contributed by atoms with Crippen molar-refractivity contribution in [1.29, 1.82) is 0 Å². The minimum Gasteiger partial charge on any atom is -0.748 e. The van der Waals surface area contributed by atoms with Crippen molar-refractivity contribution in [3.05, 3.63) is 96.6 Å². The largest absolute Gasteiger partial charge is 0.748 e. The molecule has 100 valence electrons. The van der Waals surface area contributed by atoms with Crippen LogP contribution in [0.1, 0.15) is 5.56 Å². The maximum Gasteiger partial charge on any atom is 0 e. The van der Waals surface area contributed by atoms with E-state index in [-0.39, 0.29) is 17.1 Å². The van der Waals surface area contributed by atoms with Crippen LogP contribution in [0, 0.1) is 6.92 Å². The number of hydrogen-bond acceptors (Lipinski definition) is 0. The Balaban J connectivity index is 0.000000239. The van der Waals surface area contributed by atoms with Crippen LogP contribution in [0.4, 0.5) is 0 Å². The van der Waals surface area contributed by atoms with Crippen LogP contribution in [-0.4, -0.2) is 0 Å². The van der Waals surface area contributed by atoms with Crippen molar-refractivity contribution >= 4 is 0 Å². The first-order valence-electron chi connectivity index (χ1n) is 5.74. The molecule has 0 amide bonds. The monoisotopic (exact) mass is 278 g/mol. The summed E-state index contributed by atoms with van der Waals surface area (Å²) in [7, 11) is 0. The molecule has 18 heavy (non-hydrogen) atoms. The molecule has 0 bridgehead atoms. The van der Waals surface area contributed by atoms with Crippen molar-refractivity contribution in [1.82, 2.24) is 0 Å². The molecule has 0 aromatic heterocycles. The third kappa shape index (κ3) is 9.65. The molecule has 0 aliphatic heterocycles. The Hall–Kier alpha value is -1.56. The molecule has 0 nitrogen and oxygen atoms in total. The van der Waals surface area contributed by atoms with Crippen molar-refractivity contribution < 1.29 is 17.1 Å². The molecular formula is C17H18Fe-6. The molecule has 3 aromatic rings. The SMILES string of the molecule is Cc1ccccc1.[Fe].[cH-]1[cH-][cH-][cH-][cH-]1.c1cc[cH-]c1. The number of benzene rings is 1. The van der Waals surface area contributed by atoms with E-state index >= 15 is 0 Å². The third-order valence-electron chi connectivity index (χ3n) is 2.05. The summed E-state index contributed by atoms with van der Waals surface area (Å²) in [6.45, 7) is 2.08. The quantitative estimate of drug-likeness (QED) is 0.409. The van der Waals surface area contributed by atoms with E-state index in [1.165, 1.54) is 5.56 Å². The number of aryl methyl sites for hydroxylation is 1. The molecule has 0 fully saturated rings. The van der Waals surface area contributed by atoms with E-state index in [4.69, 9.17) is 0 Å². The van der Waals surface area contributed by atoms with Gasteiger partial charge in [0.15, 0.2) is 0 Å². The number of hydrogen-bond donors (Lipinski definition) is 0. The Labute approximate surface area is 120 Å². The van der Waals surface area contributed by atoms with Crippen LogP contribution >= 0.6 is 0 Å². The Kier molecular flexibility index (Phi) is 10.9. The maximum absolute atomic E-state index is 2.08. The van der Waals surface area contributed by atoms with Gasteiger partial charge in [-0.1, -0.05) is 35.9 Å². The van der Waals surface area contributed by atoms with Crippen molar-refractivity contribution in [2.45, 2.75) is 6.92 Å². The molecule has 0 heterocycles. The van der Waals surface area contributed by atoms with Crippen LogP contribution in [0.15, 0.2) is 91.0 Å². The van der Waals surface area contributed by atoms with Gasteiger partial charge < -0.3 is 30.3 Å². The van der Waals surface area contributed by atoms with Crippen molar-refractivity contribution in [3.8, 4) is 0 Å². The van der Waals surface area contributed by atoms with Gasteiger partial charge in [0.25, 0.3) is 0 Å². The summed E-state index contributed by atoms with van der Waals surface area (Å²) in [4.78, 5) is 0. The standard InChI is InChI=1S/C7H8.2C5H5.Fe/c1-7-5-3-2-4-6-7;2*1-2-4-5-3-1;/h2-6H,1H3;2*1-5H;/q;-5;-1;. The van der Waals surface area contributed by atoms with Gasteiger partial charge in [-0.25, -0.2) is 12.1 Å². The number of rotatable bonds is 0. The van der Waals surface area contributed by atoms with Gasteiger partial charge in [0.1, 0.15) is 0 Å². The fraction of sp³-hybridized carbons (Fsp3) is 0.0588. The van der Waals surface area contributed by atoms with Crippen LogP contribution < -0.4 is 0 Å². The molecule has 3 rings (SSSR count). The first-order chi connectivity index (χ1) is 8.39. The topological polar surface area (TPSA) is 0 Å². The fourth-order valence-electron chi connectivity index (χ4n) is 1.18. The molecule has 0 unspecified atom stereocenters. The van der Waals surface area contributed by atoms with Crippen LogP contribution in [0.25, 0.3) is 0 Å². The van der Waals surface area contributed by atoms with Crippen molar-refractivity contribution in [3.63, 3.8) is 0 Å². The maximum atomic E-state index is 2.08. The molecule has 0 radical (unpaired) electrons. The first kappa shape index (κ1) is 16.4. The second-order valence-electron chi connectivity index (χ2n) is 3.58. The van der Waals surface area contributed by atoms with E-state index in [0.717, 1.165) is 0 Å². The van der Waals surface area contributed by atoms with Crippen molar-refractivity contribution in [2.24, 2.45) is 0 Å². The van der Waals surface area contributed by atoms with E-state index in [1.807, 2.05) is 78.9 Å². The zero-order chi connectivity index (χ0) is 12.2. The van der Waals surface area contributed by atoms with E-state index < -0.39 is 0 Å². The van der Waals surface area contributed by atoms with Gasteiger partial charge in [0.05, 0.1) is 0 Å². The first-order valence-corrected chi connectivity index (χ1v) is 5.74. The molecule has 0 aliphatic rings. The molecule has 0 N–H and O–H groups in total. The summed E-state index contributed by atoms with van der Waals surface area (Å²) in [5.74, 6) is 0. The fourth-order valence-corrected chi connectivity index (χ4v) is 1.18. The molecule has 0 atom stereocenters. The Morgan fingerprint density at radius 1 is 0.667 bits per heavy atom. The Morgan fingerprint density at radius 2 is 1.11 bits per heavy atom. The summed E-state index contributed by atoms with van der Waals surface area (Å²) in [6, 6.07) is 30.3. The molecule has 1 heteroatoms. The van der Waals surface area contributed by atoms with Gasteiger partial charge in [-0.3, -0.25) is 0 Å². The van der Waals surface area contributed by atoms with E-state index in [1.54, 1.807) is 0 Å². The Bertz CT molecular complexity index is 363. The van der Waals surface area contributed by atoms with Crippen molar-refractivity contribution in [2.75, 3.05) is 0 Å². The Morgan fingerprint density at radius 3 is 1.33 bits per heavy atom. The van der Waals surface area contributed by atoms with E-state index in [0.29, 0.717) is 0 Å². The van der Waals surface area contributed by atoms with Gasteiger partial charge in [-0.2, -0.15) is 18.2 Å². The average Bonchev–Trinajstić information content (AvgIpc) is 3.09. The molecule has 3 aromatic carbocycles. The second kappa shape index (κ2) is 11.9. The van der Waals surface area contributed by atoms with Crippen LogP contribution in [-0.2, 0) is 17.1 Å². The normalized spacial score (nSPS) is 7.83. The summed E-state index contributed by atoms with van der Waals surface area (Å²) in [5.41, 5.74) is 1.32. The van der Waals surface area contributed by atoms with Crippen LogP contribution in [0.2, 0.25) is 0 Å². The van der Waals surface area contributed by atoms with E-state index in [2.05, 4.69) is 19.1 Å². The van der Waals surface area contributed by atoms with Gasteiger partial charge in [-0.15, -0.1) is 0 Å². The predicted molar refractivity (Wildman–Crippen MR) is 75.2 cm³/mol. The molecule has 0 saturated carbocycles. The van der Waals surface area contributed by atoms with Gasteiger partial charge in [0.2, 0.25) is 0 Å². The minimum absolute atomic E-state index is 0. The molecule has 0 saturated heterocycles. The van der Waals surface area contributed by atoms with Gasteiger partial charge in [-0.05, 0) is 6.92 Å². The molecule has 0 aliphatic carbocycles.